The number of fused-ring (bicyclic) bond motifs is 3. The Balaban J connectivity index is 2.06. The number of carboxylic acids is 1. The van der Waals surface area contributed by atoms with Crippen LogP contribution in [0.15, 0.2) is 36.4 Å². The van der Waals surface area contributed by atoms with Crippen molar-refractivity contribution in [3.05, 3.63) is 58.9 Å². The van der Waals surface area contributed by atoms with Gasteiger partial charge in [-0.1, -0.05) is 18.1 Å². The molecule has 2 aromatic carbocycles. The number of aliphatic carboxylic acids is 1. The van der Waals surface area contributed by atoms with Gasteiger partial charge in [0.1, 0.15) is 5.82 Å². The molecule has 0 atom stereocenters. The first kappa shape index (κ1) is 12.4. The maximum atomic E-state index is 13.2. The van der Waals surface area contributed by atoms with Gasteiger partial charge in [-0.15, -0.1) is 0 Å². The lowest BCUT2D eigenvalue weighted by atomic mass is 9.85. The van der Waals surface area contributed by atoms with Crippen LogP contribution in [-0.4, -0.2) is 11.1 Å². The monoisotopic (exact) mass is 266 g/mol. The molecule has 0 fully saturated rings. The van der Waals surface area contributed by atoms with Crippen molar-refractivity contribution < 1.29 is 14.3 Å². The van der Waals surface area contributed by atoms with E-state index in [1.165, 1.54) is 6.07 Å². The van der Waals surface area contributed by atoms with Crippen molar-refractivity contribution in [1.82, 2.24) is 0 Å². The van der Waals surface area contributed by atoms with E-state index >= 15 is 0 Å². The Morgan fingerprint density at radius 3 is 2.40 bits per heavy atom. The number of benzene rings is 2. The molecule has 1 aliphatic rings. The molecule has 0 bridgehead atoms. The molecule has 1 N–H and O–H groups in total. The van der Waals surface area contributed by atoms with Crippen molar-refractivity contribution in [3.8, 4) is 23.0 Å². The number of aryl methyl sites for hydroxylation is 2. The van der Waals surface area contributed by atoms with Crippen LogP contribution in [0.2, 0.25) is 0 Å². The summed E-state index contributed by atoms with van der Waals surface area (Å²) in [7, 11) is 0. The average molecular weight is 266 g/mol. The van der Waals surface area contributed by atoms with Gasteiger partial charge in [0.25, 0.3) is 0 Å². The predicted octanol–water partition coefficient (Wildman–Crippen LogP) is 3.03. The molecule has 0 aliphatic heterocycles. The lowest BCUT2D eigenvalue weighted by molar-refractivity contribution is -0.130. The average Bonchev–Trinajstić information content (AvgIpc) is 2.44. The van der Waals surface area contributed by atoms with Crippen molar-refractivity contribution in [2.24, 2.45) is 0 Å². The molecule has 0 radical (unpaired) electrons. The highest BCUT2D eigenvalue weighted by Gasteiger charge is 2.16. The molecule has 0 amide bonds. The normalized spacial score (nSPS) is 11.8. The standard InChI is InChI=1S/C17H11FO2/c18-14-5-7-16-13(10-14)4-3-12-9-11(1-6-15(12)16)2-8-17(19)20/h1,5-7,9-10H,3-4H2,(H,19,20). The van der Waals surface area contributed by atoms with Crippen LogP contribution < -0.4 is 0 Å². The van der Waals surface area contributed by atoms with Crippen LogP contribution in [0.5, 0.6) is 0 Å². The Morgan fingerprint density at radius 1 is 1.05 bits per heavy atom. The first-order valence-electron chi connectivity index (χ1n) is 6.30. The Bertz CT molecular complexity index is 766. The second-order valence-electron chi connectivity index (χ2n) is 4.73. The van der Waals surface area contributed by atoms with E-state index in [0.29, 0.717) is 5.56 Å². The highest BCUT2D eigenvalue weighted by atomic mass is 19.1. The number of carbonyl (C=O) groups is 1. The van der Waals surface area contributed by atoms with E-state index in [1.807, 2.05) is 12.1 Å². The van der Waals surface area contributed by atoms with Crippen LogP contribution in [0.25, 0.3) is 11.1 Å². The summed E-state index contributed by atoms with van der Waals surface area (Å²) in [6, 6.07) is 10.5. The van der Waals surface area contributed by atoms with Gasteiger partial charge < -0.3 is 5.11 Å². The lowest BCUT2D eigenvalue weighted by Crippen LogP contribution is -2.04. The van der Waals surface area contributed by atoms with Gasteiger partial charge >= 0.3 is 5.97 Å². The number of hydrogen-bond acceptors (Lipinski definition) is 1. The van der Waals surface area contributed by atoms with E-state index in [9.17, 15) is 9.18 Å². The zero-order chi connectivity index (χ0) is 14.1. The maximum Gasteiger partial charge on any atom is 0.382 e. The fraction of sp³-hybridized carbons (Fsp3) is 0.118. The third kappa shape index (κ3) is 2.28. The van der Waals surface area contributed by atoms with Crippen LogP contribution in [0, 0.1) is 17.7 Å². The van der Waals surface area contributed by atoms with Crippen LogP contribution >= 0.6 is 0 Å². The molecule has 0 aromatic heterocycles. The molecular weight excluding hydrogens is 255 g/mol. The summed E-state index contributed by atoms with van der Waals surface area (Å²) < 4.78 is 13.2. The summed E-state index contributed by atoms with van der Waals surface area (Å²) in [5.74, 6) is 3.38. The van der Waals surface area contributed by atoms with Crippen molar-refractivity contribution >= 4 is 5.97 Å². The van der Waals surface area contributed by atoms with Crippen LogP contribution in [0.4, 0.5) is 4.39 Å². The van der Waals surface area contributed by atoms with Gasteiger partial charge in [-0.2, -0.15) is 0 Å². The molecule has 98 valence electrons. The summed E-state index contributed by atoms with van der Waals surface area (Å²) in [5, 5.41) is 8.56. The quantitative estimate of drug-likeness (QED) is 0.744. The van der Waals surface area contributed by atoms with Gasteiger partial charge in [-0.05, 0) is 59.4 Å². The molecule has 3 rings (SSSR count). The number of halogens is 1. The molecule has 0 heterocycles. The Kier molecular flexibility index (Phi) is 3.00. The van der Waals surface area contributed by atoms with E-state index in [2.05, 4.69) is 11.8 Å². The molecule has 0 saturated heterocycles. The van der Waals surface area contributed by atoms with Gasteiger partial charge in [0.05, 0.1) is 0 Å². The SMILES string of the molecule is O=C(O)C#Cc1ccc2c(c1)CCc1cc(F)ccc1-2. The predicted molar refractivity (Wildman–Crippen MR) is 73.8 cm³/mol. The molecule has 0 saturated carbocycles. The topological polar surface area (TPSA) is 37.3 Å². The third-order valence-electron chi connectivity index (χ3n) is 3.44. The van der Waals surface area contributed by atoms with Crippen molar-refractivity contribution in [2.45, 2.75) is 12.8 Å². The highest BCUT2D eigenvalue weighted by molar-refractivity contribution is 5.87. The fourth-order valence-corrected chi connectivity index (χ4v) is 2.57. The van der Waals surface area contributed by atoms with E-state index in [4.69, 9.17) is 5.11 Å². The molecule has 1 aliphatic carbocycles. The summed E-state index contributed by atoms with van der Waals surface area (Å²) in [6.07, 6.45) is 1.60. The zero-order valence-corrected chi connectivity index (χ0v) is 10.6. The molecular formula is C17H11FO2. The minimum absolute atomic E-state index is 0.212. The second kappa shape index (κ2) is 4.82. The second-order valence-corrected chi connectivity index (χ2v) is 4.73. The molecule has 2 aromatic rings. The Morgan fingerprint density at radius 2 is 1.70 bits per heavy atom. The van der Waals surface area contributed by atoms with Crippen LogP contribution in [0.3, 0.4) is 0 Å². The molecule has 2 nitrogen and oxygen atoms in total. The Labute approximate surface area is 115 Å². The van der Waals surface area contributed by atoms with Crippen molar-refractivity contribution in [3.63, 3.8) is 0 Å². The fourth-order valence-electron chi connectivity index (χ4n) is 2.57. The van der Waals surface area contributed by atoms with Crippen molar-refractivity contribution in [2.75, 3.05) is 0 Å². The van der Waals surface area contributed by atoms with Gasteiger partial charge in [0, 0.05) is 11.5 Å². The van der Waals surface area contributed by atoms with Gasteiger partial charge in [0.2, 0.25) is 0 Å². The van der Waals surface area contributed by atoms with E-state index in [1.54, 1.807) is 18.2 Å². The number of hydrogen-bond donors (Lipinski definition) is 1. The highest BCUT2D eigenvalue weighted by Crippen LogP contribution is 2.34. The summed E-state index contributed by atoms with van der Waals surface area (Å²) >= 11 is 0. The maximum absolute atomic E-state index is 13.2. The first-order valence-corrected chi connectivity index (χ1v) is 6.30. The largest absolute Gasteiger partial charge is 0.472 e. The first-order chi connectivity index (χ1) is 9.63. The molecule has 3 heteroatoms. The smallest absolute Gasteiger partial charge is 0.382 e. The zero-order valence-electron chi connectivity index (χ0n) is 10.6. The van der Waals surface area contributed by atoms with E-state index < -0.39 is 5.97 Å². The van der Waals surface area contributed by atoms with Gasteiger partial charge in [-0.3, -0.25) is 0 Å². The summed E-state index contributed by atoms with van der Waals surface area (Å²) in [6.45, 7) is 0. The van der Waals surface area contributed by atoms with Crippen LogP contribution in [-0.2, 0) is 17.6 Å². The van der Waals surface area contributed by atoms with Gasteiger partial charge in [0.15, 0.2) is 0 Å². The van der Waals surface area contributed by atoms with E-state index in [-0.39, 0.29) is 5.82 Å². The lowest BCUT2D eigenvalue weighted by Gasteiger charge is -2.20. The third-order valence-corrected chi connectivity index (χ3v) is 3.44. The van der Waals surface area contributed by atoms with E-state index in [0.717, 1.165) is 35.1 Å². The summed E-state index contributed by atoms with van der Waals surface area (Å²) in [4.78, 5) is 10.4. The van der Waals surface area contributed by atoms with Crippen molar-refractivity contribution in [1.29, 1.82) is 0 Å². The Hall–Kier alpha value is -2.60. The van der Waals surface area contributed by atoms with Gasteiger partial charge in [-0.25, -0.2) is 9.18 Å². The minimum atomic E-state index is -1.14. The molecule has 0 spiro atoms. The minimum Gasteiger partial charge on any atom is -0.472 e. The number of rotatable bonds is 0. The molecule has 20 heavy (non-hydrogen) atoms. The summed E-state index contributed by atoms with van der Waals surface area (Å²) in [5.41, 5.74) is 4.96. The number of carboxylic acid groups (broad SMARTS) is 1. The molecule has 0 unspecified atom stereocenters. The van der Waals surface area contributed by atoms with Crippen LogP contribution in [0.1, 0.15) is 16.7 Å².